The van der Waals surface area contributed by atoms with Gasteiger partial charge < -0.3 is 10.2 Å². The van der Waals surface area contributed by atoms with E-state index in [0.29, 0.717) is 13.0 Å². The fraction of sp³-hybridized carbons (Fsp3) is 0.615. The lowest BCUT2D eigenvalue weighted by Crippen LogP contribution is -2.68. The molecule has 1 N–H and O–H groups in total. The molecule has 1 aromatic heterocycles. The summed E-state index contributed by atoms with van der Waals surface area (Å²) in [6, 6.07) is -0.448. The Morgan fingerprint density at radius 2 is 2.21 bits per heavy atom. The van der Waals surface area contributed by atoms with Gasteiger partial charge in [-0.05, 0) is 27.2 Å². The normalized spacial score (nSPS) is 27.6. The van der Waals surface area contributed by atoms with E-state index in [1.165, 1.54) is 0 Å². The average molecular weight is 281 g/mol. The van der Waals surface area contributed by atoms with Crippen LogP contribution in [0.15, 0.2) is 6.20 Å². The van der Waals surface area contributed by atoms with E-state index in [2.05, 4.69) is 10.3 Å². The number of aromatic nitrogens is 1. The minimum atomic E-state index is -0.796. The molecule has 104 valence electrons. The first-order valence-corrected chi connectivity index (χ1v) is 7.23. The molecule has 0 aliphatic carbocycles. The number of carbonyl (C=O) groups is 2. The van der Waals surface area contributed by atoms with E-state index in [0.717, 1.165) is 9.88 Å². The fourth-order valence-corrected chi connectivity index (χ4v) is 2.92. The Bertz CT molecular complexity index is 514. The first-order chi connectivity index (χ1) is 8.87. The van der Waals surface area contributed by atoms with Crippen molar-refractivity contribution in [3.05, 3.63) is 16.1 Å². The van der Waals surface area contributed by atoms with Gasteiger partial charge >= 0.3 is 0 Å². The molecule has 2 rings (SSSR count). The van der Waals surface area contributed by atoms with Gasteiger partial charge in [0.05, 0.1) is 6.54 Å². The average Bonchev–Trinajstić information content (AvgIpc) is 2.78. The Balaban J connectivity index is 2.25. The predicted molar refractivity (Wildman–Crippen MR) is 73.7 cm³/mol. The number of rotatable bonds is 3. The Hall–Kier alpha value is -1.43. The summed E-state index contributed by atoms with van der Waals surface area (Å²) in [6.45, 7) is 7.81. The third-order valence-electron chi connectivity index (χ3n) is 3.66. The Morgan fingerprint density at radius 3 is 2.74 bits per heavy atom. The van der Waals surface area contributed by atoms with Gasteiger partial charge in [0.2, 0.25) is 11.8 Å². The van der Waals surface area contributed by atoms with Gasteiger partial charge in [-0.15, -0.1) is 11.3 Å². The fourth-order valence-electron chi connectivity index (χ4n) is 2.13. The van der Waals surface area contributed by atoms with E-state index in [1.54, 1.807) is 36.3 Å². The van der Waals surface area contributed by atoms with Gasteiger partial charge in [-0.1, -0.05) is 6.92 Å². The van der Waals surface area contributed by atoms with E-state index < -0.39 is 11.6 Å². The zero-order valence-corrected chi connectivity index (χ0v) is 12.5. The molecule has 6 heteroatoms. The first kappa shape index (κ1) is 14.0. The highest BCUT2D eigenvalue weighted by molar-refractivity contribution is 7.11. The van der Waals surface area contributed by atoms with Gasteiger partial charge in [0.25, 0.3) is 0 Å². The van der Waals surface area contributed by atoms with Crippen molar-refractivity contribution in [2.45, 2.75) is 52.2 Å². The number of piperazine rings is 1. The molecule has 1 fully saturated rings. The highest BCUT2D eigenvalue weighted by atomic mass is 32.1. The summed E-state index contributed by atoms with van der Waals surface area (Å²) in [7, 11) is 0. The Labute approximate surface area is 117 Å². The molecular formula is C13H19N3O2S. The van der Waals surface area contributed by atoms with E-state index >= 15 is 0 Å². The SMILES string of the molecule is CCC1(C)NC(=O)C(C)N(Cc2ncc(C)s2)C1=O. The number of nitrogens with zero attached hydrogens (tertiary/aromatic N) is 2. The molecule has 19 heavy (non-hydrogen) atoms. The summed E-state index contributed by atoms with van der Waals surface area (Å²) in [4.78, 5) is 31.5. The maximum Gasteiger partial charge on any atom is 0.249 e. The summed E-state index contributed by atoms with van der Waals surface area (Å²) in [5, 5.41) is 3.68. The molecule has 1 saturated heterocycles. The van der Waals surface area contributed by atoms with Crippen molar-refractivity contribution >= 4 is 23.2 Å². The van der Waals surface area contributed by atoms with Crippen LogP contribution in [0, 0.1) is 6.92 Å². The van der Waals surface area contributed by atoms with Crippen LogP contribution in [0.25, 0.3) is 0 Å². The van der Waals surface area contributed by atoms with Crippen LogP contribution in [0.4, 0.5) is 0 Å². The zero-order valence-electron chi connectivity index (χ0n) is 11.7. The van der Waals surface area contributed by atoms with Gasteiger partial charge in [0.1, 0.15) is 16.6 Å². The second kappa shape index (κ2) is 4.92. The van der Waals surface area contributed by atoms with Crippen molar-refractivity contribution in [1.82, 2.24) is 15.2 Å². The molecule has 0 spiro atoms. The molecule has 2 amide bonds. The number of aryl methyl sites for hydroxylation is 1. The van der Waals surface area contributed by atoms with Crippen LogP contribution >= 0.6 is 11.3 Å². The van der Waals surface area contributed by atoms with E-state index in [4.69, 9.17) is 0 Å². The number of hydrogen-bond acceptors (Lipinski definition) is 4. The highest BCUT2D eigenvalue weighted by Crippen LogP contribution is 2.24. The number of nitrogens with one attached hydrogen (secondary N) is 1. The standard InChI is InChI=1S/C13H19N3O2S/c1-5-13(4)12(18)16(9(3)11(17)15-13)7-10-14-6-8(2)19-10/h6,9H,5,7H2,1-4H3,(H,15,17). The molecule has 2 unspecified atom stereocenters. The van der Waals surface area contributed by atoms with E-state index in [-0.39, 0.29) is 11.8 Å². The second-order valence-corrected chi connectivity index (χ2v) is 6.47. The smallest absolute Gasteiger partial charge is 0.249 e. The quantitative estimate of drug-likeness (QED) is 0.912. The summed E-state index contributed by atoms with van der Waals surface area (Å²) in [5.74, 6) is -0.132. The molecule has 2 heterocycles. The van der Waals surface area contributed by atoms with Crippen LogP contribution in [0.2, 0.25) is 0 Å². The minimum Gasteiger partial charge on any atom is -0.340 e. The first-order valence-electron chi connectivity index (χ1n) is 6.42. The predicted octanol–water partition coefficient (Wildman–Crippen LogP) is 1.47. The van der Waals surface area contributed by atoms with Crippen LogP contribution in [-0.2, 0) is 16.1 Å². The molecule has 2 atom stereocenters. The van der Waals surface area contributed by atoms with Gasteiger partial charge in [0, 0.05) is 11.1 Å². The lowest BCUT2D eigenvalue weighted by Gasteiger charge is -2.42. The van der Waals surface area contributed by atoms with Crippen LogP contribution in [0.5, 0.6) is 0 Å². The molecule has 5 nitrogen and oxygen atoms in total. The van der Waals surface area contributed by atoms with Gasteiger partial charge in [-0.25, -0.2) is 4.98 Å². The van der Waals surface area contributed by atoms with Gasteiger partial charge in [-0.2, -0.15) is 0 Å². The lowest BCUT2D eigenvalue weighted by atomic mass is 9.92. The molecule has 1 aliphatic rings. The van der Waals surface area contributed by atoms with Crippen molar-refractivity contribution in [3.63, 3.8) is 0 Å². The highest BCUT2D eigenvalue weighted by Gasteiger charge is 2.45. The van der Waals surface area contributed by atoms with Crippen molar-refractivity contribution in [2.75, 3.05) is 0 Å². The molecule has 0 radical (unpaired) electrons. The number of hydrogen-bond donors (Lipinski definition) is 1. The third kappa shape index (κ3) is 2.49. The van der Waals surface area contributed by atoms with Crippen LogP contribution in [0.1, 0.15) is 37.1 Å². The van der Waals surface area contributed by atoms with Crippen molar-refractivity contribution in [3.8, 4) is 0 Å². The Kier molecular flexibility index (Phi) is 3.62. The van der Waals surface area contributed by atoms with Gasteiger partial charge in [-0.3, -0.25) is 9.59 Å². The Morgan fingerprint density at radius 1 is 1.53 bits per heavy atom. The van der Waals surface area contributed by atoms with Crippen molar-refractivity contribution in [1.29, 1.82) is 0 Å². The summed E-state index contributed by atoms with van der Waals surface area (Å²) in [5.41, 5.74) is -0.796. The lowest BCUT2D eigenvalue weighted by molar-refractivity contribution is -0.154. The number of carbonyl (C=O) groups excluding carboxylic acids is 2. The molecular weight excluding hydrogens is 262 g/mol. The monoisotopic (exact) mass is 281 g/mol. The number of amides is 2. The molecule has 0 bridgehead atoms. The molecule has 0 saturated carbocycles. The van der Waals surface area contributed by atoms with Crippen LogP contribution in [-0.4, -0.2) is 33.3 Å². The maximum absolute atomic E-state index is 12.5. The largest absolute Gasteiger partial charge is 0.340 e. The third-order valence-corrected chi connectivity index (χ3v) is 4.56. The van der Waals surface area contributed by atoms with Crippen LogP contribution in [0.3, 0.4) is 0 Å². The molecule has 0 aromatic carbocycles. The maximum atomic E-state index is 12.5. The molecule has 1 aliphatic heterocycles. The number of thiazole rings is 1. The second-order valence-electron chi connectivity index (χ2n) is 5.15. The molecule has 1 aromatic rings. The van der Waals surface area contributed by atoms with E-state index in [9.17, 15) is 9.59 Å². The minimum absolute atomic E-state index is 0.0325. The zero-order chi connectivity index (χ0) is 14.2. The van der Waals surface area contributed by atoms with Gasteiger partial charge in [0.15, 0.2) is 0 Å². The summed E-state index contributed by atoms with van der Waals surface area (Å²) in [6.07, 6.45) is 2.37. The van der Waals surface area contributed by atoms with Crippen LogP contribution < -0.4 is 5.32 Å². The van der Waals surface area contributed by atoms with E-state index in [1.807, 2.05) is 13.8 Å². The summed E-state index contributed by atoms with van der Waals surface area (Å²) < 4.78 is 0. The summed E-state index contributed by atoms with van der Waals surface area (Å²) >= 11 is 1.56. The topological polar surface area (TPSA) is 62.3 Å². The van der Waals surface area contributed by atoms with Crippen molar-refractivity contribution < 1.29 is 9.59 Å². The van der Waals surface area contributed by atoms with Crippen molar-refractivity contribution in [2.24, 2.45) is 0 Å².